The minimum atomic E-state index is 0.642. The van der Waals surface area contributed by atoms with Gasteiger partial charge in [-0.25, -0.2) is 0 Å². The van der Waals surface area contributed by atoms with Gasteiger partial charge in [-0.05, 0) is 25.0 Å². The van der Waals surface area contributed by atoms with Crippen molar-refractivity contribution in [3.05, 3.63) is 24.2 Å². The highest BCUT2D eigenvalue weighted by Gasteiger charge is 2.15. The first kappa shape index (κ1) is 10.5. The van der Waals surface area contributed by atoms with Gasteiger partial charge in [0, 0.05) is 12.2 Å². The molecule has 0 aromatic carbocycles. The molecule has 0 atom stereocenters. The topological polar surface area (TPSA) is 68.2 Å². The highest BCUT2D eigenvalue weighted by Crippen LogP contribution is 2.18. The lowest BCUT2D eigenvalue weighted by molar-refractivity contribution is 0.512. The fourth-order valence-corrected chi connectivity index (χ4v) is 2.47. The van der Waals surface area contributed by atoms with Gasteiger partial charge in [-0.15, -0.1) is 10.2 Å². The second kappa shape index (κ2) is 4.33. The molecule has 0 spiro atoms. The van der Waals surface area contributed by atoms with Crippen LogP contribution in [0.25, 0.3) is 5.65 Å². The summed E-state index contributed by atoms with van der Waals surface area (Å²) < 4.78 is 1.96. The van der Waals surface area contributed by atoms with Crippen molar-refractivity contribution in [1.29, 1.82) is 0 Å². The Morgan fingerprint density at radius 1 is 1.35 bits per heavy atom. The van der Waals surface area contributed by atoms with Crippen molar-refractivity contribution in [1.82, 2.24) is 19.9 Å². The number of rotatable bonds is 3. The van der Waals surface area contributed by atoms with Gasteiger partial charge >= 0.3 is 0 Å². The fraction of sp³-hybridized carbons (Fsp3) is 0.500. The maximum atomic E-state index is 5.84. The molecule has 3 N–H and O–H groups in total. The molecule has 1 saturated carbocycles. The summed E-state index contributed by atoms with van der Waals surface area (Å²) in [6.45, 7) is 0.759. The van der Waals surface area contributed by atoms with E-state index in [1.807, 2.05) is 22.7 Å². The molecule has 1 aliphatic rings. The van der Waals surface area contributed by atoms with Crippen LogP contribution in [0.4, 0.5) is 5.69 Å². The summed E-state index contributed by atoms with van der Waals surface area (Å²) >= 11 is 0. The third-order valence-electron chi connectivity index (χ3n) is 3.44. The van der Waals surface area contributed by atoms with Crippen LogP contribution in [0.2, 0.25) is 0 Å². The Bertz CT molecular complexity index is 513. The minimum Gasteiger partial charge on any atom is -0.396 e. The Morgan fingerprint density at radius 2 is 2.18 bits per heavy atom. The molecule has 0 bridgehead atoms. The van der Waals surface area contributed by atoms with Crippen molar-refractivity contribution in [2.24, 2.45) is 0 Å². The third-order valence-corrected chi connectivity index (χ3v) is 3.44. The predicted octanol–water partition coefficient (Wildman–Crippen LogP) is 1.34. The van der Waals surface area contributed by atoms with Crippen LogP contribution in [0.5, 0.6) is 0 Å². The van der Waals surface area contributed by atoms with Gasteiger partial charge in [0.05, 0.1) is 12.2 Å². The van der Waals surface area contributed by atoms with Crippen molar-refractivity contribution < 1.29 is 0 Å². The van der Waals surface area contributed by atoms with Gasteiger partial charge in [0.15, 0.2) is 11.5 Å². The lowest BCUT2D eigenvalue weighted by Gasteiger charge is -2.10. The molecule has 0 unspecified atom stereocenters. The monoisotopic (exact) mass is 231 g/mol. The van der Waals surface area contributed by atoms with Crippen LogP contribution in [0, 0.1) is 0 Å². The van der Waals surface area contributed by atoms with Crippen LogP contribution in [-0.4, -0.2) is 20.6 Å². The van der Waals surface area contributed by atoms with Crippen molar-refractivity contribution in [3.8, 4) is 0 Å². The van der Waals surface area contributed by atoms with Gasteiger partial charge < -0.3 is 11.1 Å². The highest BCUT2D eigenvalue weighted by atomic mass is 15.3. The molecule has 90 valence electrons. The number of aromatic nitrogens is 3. The Kier molecular flexibility index (Phi) is 2.68. The zero-order valence-corrected chi connectivity index (χ0v) is 9.76. The van der Waals surface area contributed by atoms with Crippen LogP contribution in [-0.2, 0) is 6.54 Å². The molecule has 0 radical (unpaired) electrons. The van der Waals surface area contributed by atoms with E-state index in [9.17, 15) is 0 Å². The molecular weight excluding hydrogens is 214 g/mol. The van der Waals surface area contributed by atoms with Crippen molar-refractivity contribution in [2.75, 3.05) is 5.73 Å². The van der Waals surface area contributed by atoms with E-state index in [1.54, 1.807) is 0 Å². The van der Waals surface area contributed by atoms with E-state index in [1.165, 1.54) is 25.7 Å². The van der Waals surface area contributed by atoms with E-state index >= 15 is 0 Å². The smallest absolute Gasteiger partial charge is 0.184 e. The summed E-state index contributed by atoms with van der Waals surface area (Å²) in [6, 6.07) is 4.41. The third kappa shape index (κ3) is 1.98. The molecule has 5 nitrogen and oxygen atoms in total. The molecule has 0 aliphatic heterocycles. The van der Waals surface area contributed by atoms with Crippen molar-refractivity contribution >= 4 is 11.3 Å². The maximum Gasteiger partial charge on any atom is 0.184 e. The normalized spacial score (nSPS) is 16.9. The average Bonchev–Trinajstić information content (AvgIpc) is 2.95. The summed E-state index contributed by atoms with van der Waals surface area (Å²) in [5, 5.41) is 11.8. The lowest BCUT2D eigenvalue weighted by Crippen LogP contribution is -2.26. The van der Waals surface area contributed by atoms with Gasteiger partial charge in [0.1, 0.15) is 0 Å². The molecule has 1 fully saturated rings. The number of hydrogen-bond donors (Lipinski definition) is 2. The molecule has 0 amide bonds. The highest BCUT2D eigenvalue weighted by molar-refractivity contribution is 5.63. The minimum absolute atomic E-state index is 0.642. The molecule has 17 heavy (non-hydrogen) atoms. The molecular formula is C12H17N5. The van der Waals surface area contributed by atoms with Crippen molar-refractivity contribution in [3.63, 3.8) is 0 Å². The summed E-state index contributed by atoms with van der Waals surface area (Å²) in [5.74, 6) is 0.930. The number of nitrogen functional groups attached to an aromatic ring is 1. The van der Waals surface area contributed by atoms with Crippen molar-refractivity contribution in [2.45, 2.75) is 38.3 Å². The number of hydrogen-bond acceptors (Lipinski definition) is 4. The Balaban J connectivity index is 1.78. The zero-order valence-electron chi connectivity index (χ0n) is 9.76. The summed E-state index contributed by atoms with van der Waals surface area (Å²) in [5.41, 5.74) is 7.26. The number of anilines is 1. The fourth-order valence-electron chi connectivity index (χ4n) is 2.47. The number of pyridine rings is 1. The van der Waals surface area contributed by atoms with Gasteiger partial charge in [-0.2, -0.15) is 0 Å². The van der Waals surface area contributed by atoms with Crippen LogP contribution in [0.15, 0.2) is 18.3 Å². The summed E-state index contributed by atoms with van der Waals surface area (Å²) in [6.07, 6.45) is 7.19. The second-order valence-electron chi connectivity index (χ2n) is 4.64. The van der Waals surface area contributed by atoms with E-state index in [0.717, 1.165) is 18.0 Å². The molecule has 1 aliphatic carbocycles. The van der Waals surface area contributed by atoms with Gasteiger partial charge in [-0.3, -0.25) is 4.40 Å². The first-order valence-corrected chi connectivity index (χ1v) is 6.16. The lowest BCUT2D eigenvalue weighted by atomic mass is 10.2. The molecule has 0 saturated heterocycles. The van der Waals surface area contributed by atoms with E-state index in [0.29, 0.717) is 11.7 Å². The average molecular weight is 231 g/mol. The Hall–Kier alpha value is -1.62. The van der Waals surface area contributed by atoms with E-state index in [-0.39, 0.29) is 0 Å². The molecule has 3 rings (SSSR count). The SMILES string of the molecule is Nc1cccn2c(CNC3CCCC3)nnc12. The predicted molar refractivity (Wildman–Crippen MR) is 66.5 cm³/mol. The summed E-state index contributed by atoms with van der Waals surface area (Å²) in [7, 11) is 0. The second-order valence-corrected chi connectivity index (χ2v) is 4.64. The van der Waals surface area contributed by atoms with Crippen LogP contribution in [0.3, 0.4) is 0 Å². The van der Waals surface area contributed by atoms with E-state index in [2.05, 4.69) is 15.5 Å². The first-order chi connectivity index (χ1) is 8.34. The van der Waals surface area contributed by atoms with Crippen LogP contribution >= 0.6 is 0 Å². The van der Waals surface area contributed by atoms with E-state index in [4.69, 9.17) is 5.73 Å². The molecule has 2 aromatic heterocycles. The van der Waals surface area contributed by atoms with E-state index < -0.39 is 0 Å². The molecule has 2 heterocycles. The van der Waals surface area contributed by atoms with Gasteiger partial charge in [0.2, 0.25) is 0 Å². The quantitative estimate of drug-likeness (QED) is 0.836. The van der Waals surface area contributed by atoms with Gasteiger partial charge in [-0.1, -0.05) is 12.8 Å². The Labute approximate surface area is 100 Å². The first-order valence-electron chi connectivity index (χ1n) is 6.16. The molecule has 5 heteroatoms. The summed E-state index contributed by atoms with van der Waals surface area (Å²) in [4.78, 5) is 0. The zero-order chi connectivity index (χ0) is 11.7. The molecule has 2 aromatic rings. The number of nitrogens with two attached hydrogens (primary N) is 1. The standard InChI is InChI=1S/C12H17N5/c13-10-6-3-7-17-11(15-16-12(10)17)8-14-9-4-1-2-5-9/h3,6-7,9,14H,1-2,4-5,8,13H2. The van der Waals surface area contributed by atoms with Crippen LogP contribution in [0.1, 0.15) is 31.5 Å². The number of fused-ring (bicyclic) bond motifs is 1. The number of nitrogens with zero attached hydrogens (tertiary/aromatic N) is 3. The maximum absolute atomic E-state index is 5.84. The number of nitrogens with one attached hydrogen (secondary N) is 1. The Morgan fingerprint density at radius 3 is 3.00 bits per heavy atom. The van der Waals surface area contributed by atoms with Gasteiger partial charge in [0.25, 0.3) is 0 Å². The largest absolute Gasteiger partial charge is 0.396 e. The van der Waals surface area contributed by atoms with Crippen LogP contribution < -0.4 is 11.1 Å².